The number of nitrogens with zero attached hydrogens (tertiary/aromatic N) is 1. The summed E-state index contributed by atoms with van der Waals surface area (Å²) in [6.07, 6.45) is 29.9. The first kappa shape index (κ1) is 42.8. The van der Waals surface area contributed by atoms with E-state index in [1.807, 2.05) is 0 Å². The van der Waals surface area contributed by atoms with E-state index in [2.05, 4.69) is 31.2 Å². The molecule has 0 saturated carbocycles. The topological polar surface area (TPSA) is 102 Å². The normalized spacial score (nSPS) is 13.4. The number of allylic oxidation sites excluding steroid dienone is 4. The summed E-state index contributed by atoms with van der Waals surface area (Å²) < 4.78 is 16.5. The van der Waals surface area contributed by atoms with Crippen LogP contribution in [0.15, 0.2) is 24.3 Å². The first-order valence-electron chi connectivity index (χ1n) is 17.9. The molecule has 0 bridgehead atoms. The molecule has 0 aliphatic heterocycles. The molecular weight excluding hydrogens is 570 g/mol. The molecule has 45 heavy (non-hydrogen) atoms. The maximum atomic E-state index is 12.4. The fourth-order valence-electron chi connectivity index (χ4n) is 5.02. The fourth-order valence-corrected chi connectivity index (χ4v) is 5.02. The van der Waals surface area contributed by atoms with Crippen LogP contribution in [0, 0.1) is 0 Å². The zero-order chi connectivity index (χ0) is 33.6. The summed E-state index contributed by atoms with van der Waals surface area (Å²) >= 11 is 0. The average Bonchev–Trinajstić information content (AvgIpc) is 2.99. The Hall–Kier alpha value is -2.19. The van der Waals surface area contributed by atoms with Crippen LogP contribution in [0.4, 0.5) is 0 Å². The molecule has 0 N–H and O–H groups in total. The van der Waals surface area contributed by atoms with Gasteiger partial charge in [-0.15, -0.1) is 0 Å². The lowest BCUT2D eigenvalue weighted by Gasteiger charge is -2.34. The number of esters is 2. The van der Waals surface area contributed by atoms with Crippen molar-refractivity contribution in [3.8, 4) is 0 Å². The molecule has 0 fully saturated rings. The van der Waals surface area contributed by atoms with E-state index >= 15 is 0 Å². The summed E-state index contributed by atoms with van der Waals surface area (Å²) in [7, 11) is 5.35. The van der Waals surface area contributed by atoms with Gasteiger partial charge < -0.3 is 28.6 Å². The standard InChI is InChI=1S/C37H67NO7/c1-6-8-9-10-11-12-13-14-15-16-17-18-19-20-21-22-23-24-25-26-27-28-36(40)45-33(32-44-35(39)7-2)31-43-30-29-34(37(41)42)38(3,4)5/h13-14,16-17,33-34H,6-12,15,18-32H2,1-5H3/b14-13-,17-16-. The lowest BCUT2D eigenvalue weighted by molar-refractivity contribution is -0.889. The number of hydrogen-bond acceptors (Lipinski definition) is 7. The van der Waals surface area contributed by atoms with Gasteiger partial charge in [0.25, 0.3) is 0 Å². The van der Waals surface area contributed by atoms with Crippen molar-refractivity contribution in [2.24, 2.45) is 0 Å². The van der Waals surface area contributed by atoms with Crippen LogP contribution in [0.25, 0.3) is 0 Å². The van der Waals surface area contributed by atoms with Crippen molar-refractivity contribution in [1.29, 1.82) is 0 Å². The number of carbonyl (C=O) groups excluding carboxylic acids is 3. The number of carboxylic acid groups (broad SMARTS) is 1. The number of carboxylic acids is 1. The second kappa shape index (κ2) is 29.2. The molecular formula is C37H67NO7. The third-order valence-corrected chi connectivity index (χ3v) is 7.90. The van der Waals surface area contributed by atoms with Crippen molar-refractivity contribution in [1.82, 2.24) is 0 Å². The zero-order valence-corrected chi connectivity index (χ0v) is 29.5. The monoisotopic (exact) mass is 637 g/mol. The highest BCUT2D eigenvalue weighted by Gasteiger charge is 2.25. The Labute approximate surface area is 275 Å². The summed E-state index contributed by atoms with van der Waals surface area (Å²) in [5.74, 6) is -1.85. The summed E-state index contributed by atoms with van der Waals surface area (Å²) in [6, 6.07) is -0.719. The molecule has 2 atom stereocenters. The predicted octanol–water partition coefficient (Wildman–Crippen LogP) is 7.24. The Kier molecular flexibility index (Phi) is 27.8. The van der Waals surface area contributed by atoms with Gasteiger partial charge in [0.2, 0.25) is 0 Å². The smallest absolute Gasteiger partial charge is 0.306 e. The molecule has 0 spiro atoms. The number of carbonyl (C=O) groups is 3. The van der Waals surface area contributed by atoms with Crippen LogP contribution in [0.1, 0.15) is 142 Å². The number of rotatable bonds is 31. The Morgan fingerprint density at radius 3 is 1.73 bits per heavy atom. The first-order valence-corrected chi connectivity index (χ1v) is 17.9. The number of likely N-dealkylation sites (N-methyl/N-ethyl adjacent to an activating group) is 1. The van der Waals surface area contributed by atoms with Gasteiger partial charge in [0.05, 0.1) is 40.3 Å². The number of ether oxygens (including phenoxy) is 3. The summed E-state index contributed by atoms with van der Waals surface area (Å²) in [4.78, 5) is 35.4. The maximum Gasteiger partial charge on any atom is 0.306 e. The minimum absolute atomic E-state index is 0.0343. The molecule has 0 rings (SSSR count). The van der Waals surface area contributed by atoms with E-state index in [9.17, 15) is 19.5 Å². The molecule has 8 nitrogen and oxygen atoms in total. The second-order valence-corrected chi connectivity index (χ2v) is 13.1. The van der Waals surface area contributed by atoms with Crippen LogP contribution in [-0.4, -0.2) is 75.5 Å². The van der Waals surface area contributed by atoms with Gasteiger partial charge >= 0.3 is 11.9 Å². The quantitative estimate of drug-likeness (QED) is 0.0342. The Morgan fingerprint density at radius 1 is 0.689 bits per heavy atom. The molecule has 262 valence electrons. The zero-order valence-electron chi connectivity index (χ0n) is 29.5. The predicted molar refractivity (Wildman–Crippen MR) is 180 cm³/mol. The molecule has 0 amide bonds. The van der Waals surface area contributed by atoms with Gasteiger partial charge in [-0.25, -0.2) is 0 Å². The molecule has 0 aliphatic rings. The van der Waals surface area contributed by atoms with Gasteiger partial charge in [0.1, 0.15) is 12.6 Å². The van der Waals surface area contributed by atoms with Gasteiger partial charge in [0, 0.05) is 19.3 Å². The van der Waals surface area contributed by atoms with E-state index in [4.69, 9.17) is 14.2 Å². The highest BCUT2D eigenvalue weighted by molar-refractivity contribution is 5.70. The largest absolute Gasteiger partial charge is 0.544 e. The Bertz CT molecular complexity index is 803. The number of hydrogen-bond donors (Lipinski definition) is 0. The van der Waals surface area contributed by atoms with E-state index in [1.54, 1.807) is 28.1 Å². The van der Waals surface area contributed by atoms with Gasteiger partial charge in [-0.1, -0.05) is 109 Å². The highest BCUT2D eigenvalue weighted by Crippen LogP contribution is 2.13. The van der Waals surface area contributed by atoms with E-state index < -0.39 is 18.1 Å². The van der Waals surface area contributed by atoms with Crippen molar-refractivity contribution in [2.45, 2.75) is 154 Å². The van der Waals surface area contributed by atoms with Crippen molar-refractivity contribution < 1.29 is 38.2 Å². The van der Waals surface area contributed by atoms with E-state index in [0.717, 1.165) is 25.7 Å². The van der Waals surface area contributed by atoms with Gasteiger partial charge in [-0.05, 0) is 38.5 Å². The van der Waals surface area contributed by atoms with Crippen LogP contribution in [0.5, 0.6) is 0 Å². The van der Waals surface area contributed by atoms with Crippen LogP contribution in [-0.2, 0) is 28.6 Å². The second-order valence-electron chi connectivity index (χ2n) is 13.1. The Morgan fingerprint density at radius 2 is 1.22 bits per heavy atom. The summed E-state index contributed by atoms with van der Waals surface area (Å²) in [5, 5.41) is 11.4. The summed E-state index contributed by atoms with van der Waals surface area (Å²) in [5.41, 5.74) is 0. The minimum atomic E-state index is -1.13. The average molecular weight is 638 g/mol. The third-order valence-electron chi connectivity index (χ3n) is 7.90. The van der Waals surface area contributed by atoms with Crippen LogP contribution < -0.4 is 5.11 Å². The van der Waals surface area contributed by atoms with E-state index in [-0.39, 0.29) is 49.1 Å². The van der Waals surface area contributed by atoms with Gasteiger partial charge in [-0.3, -0.25) is 9.59 Å². The molecule has 0 heterocycles. The molecule has 2 unspecified atom stereocenters. The first-order chi connectivity index (χ1) is 21.6. The van der Waals surface area contributed by atoms with E-state index in [0.29, 0.717) is 6.42 Å². The lowest BCUT2D eigenvalue weighted by Crippen LogP contribution is -2.55. The number of aliphatic carboxylic acids is 1. The van der Waals surface area contributed by atoms with Crippen molar-refractivity contribution in [3.63, 3.8) is 0 Å². The molecule has 0 aromatic carbocycles. The van der Waals surface area contributed by atoms with Crippen LogP contribution >= 0.6 is 0 Å². The van der Waals surface area contributed by atoms with Crippen LogP contribution in [0.2, 0.25) is 0 Å². The molecule has 0 radical (unpaired) electrons. The van der Waals surface area contributed by atoms with E-state index in [1.165, 1.54) is 83.5 Å². The maximum absolute atomic E-state index is 12.4. The van der Waals surface area contributed by atoms with Crippen molar-refractivity contribution in [2.75, 3.05) is 41.0 Å². The number of quaternary nitrogens is 1. The molecule has 0 aliphatic carbocycles. The highest BCUT2D eigenvalue weighted by atomic mass is 16.6. The lowest BCUT2D eigenvalue weighted by atomic mass is 10.1. The third kappa shape index (κ3) is 27.8. The van der Waals surface area contributed by atoms with Crippen molar-refractivity contribution >= 4 is 17.9 Å². The molecule has 8 heteroatoms. The molecule has 0 saturated heterocycles. The van der Waals surface area contributed by atoms with Gasteiger partial charge in [0.15, 0.2) is 6.10 Å². The van der Waals surface area contributed by atoms with Crippen LogP contribution in [0.3, 0.4) is 0 Å². The SMILES string of the molecule is CCCCCCC/C=C\C/C=C\CCCCCCCCCCCC(=O)OC(COCCC(C(=O)[O-])[N+](C)(C)C)COC(=O)CC. The van der Waals surface area contributed by atoms with Crippen molar-refractivity contribution in [3.05, 3.63) is 24.3 Å². The minimum Gasteiger partial charge on any atom is -0.544 e. The molecule has 0 aromatic heterocycles. The summed E-state index contributed by atoms with van der Waals surface area (Å²) in [6.45, 7) is 4.07. The molecule has 0 aromatic rings. The Balaban J connectivity index is 3.93. The fraction of sp³-hybridized carbons (Fsp3) is 0.811. The van der Waals surface area contributed by atoms with Gasteiger partial charge in [-0.2, -0.15) is 0 Å². The number of unbranched alkanes of at least 4 members (excludes halogenated alkanes) is 14.